The fourth-order valence-corrected chi connectivity index (χ4v) is 3.07. The first-order valence-corrected chi connectivity index (χ1v) is 8.87. The van der Waals surface area contributed by atoms with Gasteiger partial charge < -0.3 is 5.32 Å². The number of carbonyl (C=O) groups is 1. The summed E-state index contributed by atoms with van der Waals surface area (Å²) in [5.41, 5.74) is 1.61. The van der Waals surface area contributed by atoms with E-state index in [1.54, 1.807) is 4.68 Å². The third-order valence-corrected chi connectivity index (χ3v) is 4.65. The van der Waals surface area contributed by atoms with Gasteiger partial charge in [-0.15, -0.1) is 5.10 Å². The fourth-order valence-electron chi connectivity index (χ4n) is 2.33. The van der Waals surface area contributed by atoms with Crippen LogP contribution in [0, 0.1) is 6.92 Å². The SMILES string of the molecule is Cc1nc(-c2ccc(NC(=O)CSc3nnnn3C3CC3)cc2)n[nH]1. The molecule has 2 aromatic heterocycles. The normalized spacial score (nSPS) is 13.8. The minimum Gasteiger partial charge on any atom is -0.325 e. The molecule has 0 atom stereocenters. The molecular formula is C15H16N8OS. The smallest absolute Gasteiger partial charge is 0.234 e. The highest BCUT2D eigenvalue weighted by atomic mass is 32.2. The van der Waals surface area contributed by atoms with Crippen molar-refractivity contribution >= 4 is 23.4 Å². The van der Waals surface area contributed by atoms with Crippen LogP contribution in [0.5, 0.6) is 0 Å². The van der Waals surface area contributed by atoms with Crippen molar-refractivity contribution in [3.8, 4) is 11.4 Å². The summed E-state index contributed by atoms with van der Waals surface area (Å²) in [6.07, 6.45) is 2.20. The lowest BCUT2D eigenvalue weighted by Gasteiger charge is -2.06. The van der Waals surface area contributed by atoms with Crippen molar-refractivity contribution in [3.63, 3.8) is 0 Å². The molecule has 1 saturated carbocycles. The summed E-state index contributed by atoms with van der Waals surface area (Å²) in [6, 6.07) is 7.81. The van der Waals surface area contributed by atoms with E-state index in [-0.39, 0.29) is 11.7 Å². The molecule has 25 heavy (non-hydrogen) atoms. The first-order valence-electron chi connectivity index (χ1n) is 7.89. The van der Waals surface area contributed by atoms with E-state index >= 15 is 0 Å². The number of nitrogens with one attached hydrogen (secondary N) is 2. The molecule has 1 aromatic carbocycles. The number of tetrazole rings is 1. The van der Waals surface area contributed by atoms with E-state index in [4.69, 9.17) is 0 Å². The lowest BCUT2D eigenvalue weighted by Crippen LogP contribution is -2.14. The van der Waals surface area contributed by atoms with Crippen molar-refractivity contribution in [2.75, 3.05) is 11.1 Å². The molecule has 2 heterocycles. The minimum atomic E-state index is -0.100. The zero-order valence-electron chi connectivity index (χ0n) is 13.5. The Balaban J connectivity index is 1.33. The van der Waals surface area contributed by atoms with Crippen molar-refractivity contribution in [1.29, 1.82) is 0 Å². The van der Waals surface area contributed by atoms with Crippen LogP contribution in [-0.2, 0) is 4.79 Å². The van der Waals surface area contributed by atoms with E-state index < -0.39 is 0 Å². The topological polar surface area (TPSA) is 114 Å². The van der Waals surface area contributed by atoms with Crippen LogP contribution in [0.4, 0.5) is 5.69 Å². The van der Waals surface area contributed by atoms with E-state index in [1.165, 1.54) is 11.8 Å². The van der Waals surface area contributed by atoms with Crippen LogP contribution in [0.25, 0.3) is 11.4 Å². The Morgan fingerprint density at radius 1 is 1.36 bits per heavy atom. The molecule has 0 bridgehead atoms. The molecule has 0 aliphatic heterocycles. The molecule has 0 radical (unpaired) electrons. The molecule has 0 unspecified atom stereocenters. The van der Waals surface area contributed by atoms with Gasteiger partial charge in [0.05, 0.1) is 11.8 Å². The van der Waals surface area contributed by atoms with E-state index in [9.17, 15) is 4.79 Å². The number of aromatic amines is 1. The summed E-state index contributed by atoms with van der Waals surface area (Å²) < 4.78 is 1.80. The van der Waals surface area contributed by atoms with Crippen molar-refractivity contribution < 1.29 is 4.79 Å². The molecule has 1 aliphatic rings. The van der Waals surface area contributed by atoms with Crippen LogP contribution >= 0.6 is 11.8 Å². The van der Waals surface area contributed by atoms with Gasteiger partial charge in [-0.2, -0.15) is 5.10 Å². The maximum absolute atomic E-state index is 12.1. The number of benzene rings is 1. The second-order valence-electron chi connectivity index (χ2n) is 5.80. The van der Waals surface area contributed by atoms with Gasteiger partial charge in [-0.25, -0.2) is 9.67 Å². The summed E-state index contributed by atoms with van der Waals surface area (Å²) >= 11 is 1.34. The Morgan fingerprint density at radius 2 is 2.16 bits per heavy atom. The van der Waals surface area contributed by atoms with Gasteiger partial charge in [0.15, 0.2) is 5.82 Å². The highest BCUT2D eigenvalue weighted by molar-refractivity contribution is 7.99. The zero-order valence-corrected chi connectivity index (χ0v) is 14.3. The average Bonchev–Trinajstić information content (AvgIpc) is 3.19. The van der Waals surface area contributed by atoms with Gasteiger partial charge in [-0.05, 0) is 54.5 Å². The number of anilines is 1. The number of carbonyl (C=O) groups excluding carboxylic acids is 1. The number of H-pyrrole nitrogens is 1. The Morgan fingerprint density at radius 3 is 2.84 bits per heavy atom. The number of aryl methyl sites for hydroxylation is 1. The van der Waals surface area contributed by atoms with Crippen LogP contribution in [0.1, 0.15) is 24.7 Å². The van der Waals surface area contributed by atoms with Gasteiger partial charge >= 0.3 is 0 Å². The second-order valence-corrected chi connectivity index (χ2v) is 6.74. The molecule has 10 heteroatoms. The predicted octanol–water partition coefficient (Wildman–Crippen LogP) is 1.83. The summed E-state index contributed by atoms with van der Waals surface area (Å²) in [5.74, 6) is 1.56. The molecule has 128 valence electrons. The summed E-state index contributed by atoms with van der Waals surface area (Å²) in [7, 11) is 0. The van der Waals surface area contributed by atoms with Crippen molar-refractivity contribution in [1.82, 2.24) is 35.4 Å². The maximum atomic E-state index is 12.1. The first kappa shape index (κ1) is 15.8. The van der Waals surface area contributed by atoms with Gasteiger partial charge in [0, 0.05) is 11.3 Å². The van der Waals surface area contributed by atoms with E-state index in [0.717, 1.165) is 29.9 Å². The van der Waals surface area contributed by atoms with Crippen LogP contribution in [0.3, 0.4) is 0 Å². The van der Waals surface area contributed by atoms with Crippen LogP contribution in [-0.4, -0.2) is 47.0 Å². The molecule has 0 saturated heterocycles. The molecule has 2 N–H and O–H groups in total. The van der Waals surface area contributed by atoms with Gasteiger partial charge in [0.1, 0.15) is 5.82 Å². The second kappa shape index (κ2) is 6.63. The summed E-state index contributed by atoms with van der Waals surface area (Å²) in [5, 5.41) is 22.1. The Bertz CT molecular complexity index is 883. The van der Waals surface area contributed by atoms with Crippen molar-refractivity contribution in [3.05, 3.63) is 30.1 Å². The van der Waals surface area contributed by atoms with E-state index in [1.807, 2.05) is 31.2 Å². The Kier molecular flexibility index (Phi) is 4.18. The predicted molar refractivity (Wildman–Crippen MR) is 92.0 cm³/mol. The molecule has 0 spiro atoms. The molecule has 1 aliphatic carbocycles. The molecule has 1 fully saturated rings. The van der Waals surface area contributed by atoms with Gasteiger partial charge in [0.2, 0.25) is 11.1 Å². The standard InChI is InChI=1S/C15H16N8OS/c1-9-16-14(19-18-9)10-2-4-11(5-3-10)17-13(24)8-25-15-20-21-22-23(15)12-6-7-12/h2-5,12H,6-8H2,1H3,(H,17,24)(H,16,18,19). The minimum absolute atomic E-state index is 0.100. The molecule has 3 aromatic rings. The molecule has 1 amide bonds. The fraction of sp³-hybridized carbons (Fsp3) is 0.333. The molecular weight excluding hydrogens is 340 g/mol. The quantitative estimate of drug-likeness (QED) is 0.648. The number of aromatic nitrogens is 7. The largest absolute Gasteiger partial charge is 0.325 e. The maximum Gasteiger partial charge on any atom is 0.234 e. The number of nitrogens with zero attached hydrogens (tertiary/aromatic N) is 6. The number of hydrogen-bond acceptors (Lipinski definition) is 7. The van der Waals surface area contributed by atoms with Crippen molar-refractivity contribution in [2.45, 2.75) is 31.0 Å². The van der Waals surface area contributed by atoms with Gasteiger partial charge in [-0.1, -0.05) is 11.8 Å². The third kappa shape index (κ3) is 3.68. The lowest BCUT2D eigenvalue weighted by atomic mass is 10.2. The number of amides is 1. The number of rotatable bonds is 6. The van der Waals surface area contributed by atoms with Gasteiger partial charge in [-0.3, -0.25) is 9.89 Å². The van der Waals surface area contributed by atoms with E-state index in [2.05, 4.69) is 36.0 Å². The van der Waals surface area contributed by atoms with Crippen LogP contribution in [0.2, 0.25) is 0 Å². The first-order chi connectivity index (χ1) is 12.2. The highest BCUT2D eigenvalue weighted by Crippen LogP contribution is 2.36. The third-order valence-electron chi connectivity index (χ3n) is 3.71. The number of hydrogen-bond donors (Lipinski definition) is 2. The Hall–Kier alpha value is -2.75. The molecule has 4 rings (SSSR count). The average molecular weight is 356 g/mol. The summed E-state index contributed by atoms with van der Waals surface area (Å²) in [4.78, 5) is 16.4. The zero-order chi connectivity index (χ0) is 17.2. The van der Waals surface area contributed by atoms with Gasteiger partial charge in [0.25, 0.3) is 0 Å². The molecule has 9 nitrogen and oxygen atoms in total. The highest BCUT2D eigenvalue weighted by Gasteiger charge is 2.28. The van der Waals surface area contributed by atoms with Crippen molar-refractivity contribution in [2.24, 2.45) is 0 Å². The monoisotopic (exact) mass is 356 g/mol. The summed E-state index contributed by atoms with van der Waals surface area (Å²) in [6.45, 7) is 1.85. The van der Waals surface area contributed by atoms with E-state index in [0.29, 0.717) is 17.0 Å². The Labute approximate surface area is 147 Å². The van der Waals surface area contributed by atoms with Crippen LogP contribution in [0.15, 0.2) is 29.4 Å². The number of thioether (sulfide) groups is 1. The lowest BCUT2D eigenvalue weighted by molar-refractivity contribution is -0.113. The van der Waals surface area contributed by atoms with Crippen LogP contribution < -0.4 is 5.32 Å².